The van der Waals surface area contributed by atoms with Crippen LogP contribution < -0.4 is 11.0 Å². The summed E-state index contributed by atoms with van der Waals surface area (Å²) in [6.45, 7) is 18.5. The maximum atomic E-state index is 14.8. The monoisotopic (exact) mass is 1050 g/mol. The smallest absolute Gasteiger partial charge is 0.309 e. The molecule has 4 heterocycles. The fourth-order valence-electron chi connectivity index (χ4n) is 12.0. The van der Waals surface area contributed by atoms with Crippen molar-refractivity contribution in [2.45, 2.75) is 203 Å². The van der Waals surface area contributed by atoms with Crippen LogP contribution in [0.3, 0.4) is 0 Å². The van der Waals surface area contributed by atoms with E-state index < -0.39 is 125 Å². The minimum atomic E-state index is -1.81. The van der Waals surface area contributed by atoms with Crippen LogP contribution in [0, 0.1) is 23.7 Å². The summed E-state index contributed by atoms with van der Waals surface area (Å²) in [6.07, 6.45) is -3.00. The summed E-state index contributed by atoms with van der Waals surface area (Å²) >= 11 is 0. The Kier molecular flexibility index (Phi) is 21.5. The van der Waals surface area contributed by atoms with Crippen molar-refractivity contribution in [1.82, 2.24) is 25.8 Å². The van der Waals surface area contributed by atoms with E-state index >= 15 is 0 Å². The zero-order chi connectivity index (χ0) is 53.6. The Bertz CT molecular complexity index is 1940. The first-order valence-electron chi connectivity index (χ1n) is 25.8. The van der Waals surface area contributed by atoms with Crippen LogP contribution in [0.5, 0.6) is 0 Å². The van der Waals surface area contributed by atoms with Gasteiger partial charge in [-0.2, -0.15) is 0 Å². The number of esters is 1. The summed E-state index contributed by atoms with van der Waals surface area (Å²) in [5.41, 5.74) is 3.37. The molecule has 5 rings (SSSR count). The van der Waals surface area contributed by atoms with Crippen molar-refractivity contribution in [2.75, 3.05) is 54.1 Å². The number of nitrogens with one attached hydrogen (secondary N) is 2. The predicted octanol–water partition coefficient (Wildman–Crippen LogP) is 4.89. The summed E-state index contributed by atoms with van der Waals surface area (Å²) in [5, 5.41) is 49.5. The molecule has 6 N–H and O–H groups in total. The molecule has 4 aliphatic rings. The number of benzene rings is 1. The first-order chi connectivity index (χ1) is 33.8. The molecule has 4 aliphatic heterocycles. The number of methoxy groups -OCH3 is 2. The Balaban J connectivity index is 1.41. The molecule has 1 aromatic rings. The van der Waals surface area contributed by atoms with Crippen LogP contribution in [0.1, 0.15) is 119 Å². The van der Waals surface area contributed by atoms with Crippen LogP contribution in [0.25, 0.3) is 0 Å². The zero-order valence-electron chi connectivity index (χ0n) is 45.3. The minimum Gasteiger partial charge on any atom is -0.459 e. The largest absolute Gasteiger partial charge is 0.459 e. The molecule has 0 spiro atoms. The lowest BCUT2D eigenvalue weighted by Crippen LogP contribution is -2.61. The number of aliphatic hydroxyl groups is 4. The molecule has 0 aromatic heterocycles. The quantitative estimate of drug-likeness (QED) is 0.122. The van der Waals surface area contributed by atoms with E-state index in [4.69, 9.17) is 28.4 Å². The van der Waals surface area contributed by atoms with Gasteiger partial charge in [0.05, 0.1) is 52.3 Å². The topological polar surface area (TPSA) is 204 Å². The fraction of sp³-hybridized carbons (Fsp3) is 0.827. The van der Waals surface area contributed by atoms with Gasteiger partial charge in [0.25, 0.3) is 0 Å². The van der Waals surface area contributed by atoms with Gasteiger partial charge < -0.3 is 64.1 Å². The van der Waals surface area contributed by atoms with Crippen molar-refractivity contribution in [3.05, 3.63) is 41.7 Å². The first-order valence-corrected chi connectivity index (χ1v) is 27.2. The lowest BCUT2D eigenvalue weighted by atomic mass is 9.68. The summed E-state index contributed by atoms with van der Waals surface area (Å²) in [5.74, 6) is -2.90. The maximum Gasteiger partial charge on any atom is 0.309 e. The molecule has 3 fully saturated rings. The lowest BCUT2D eigenvalue weighted by Gasteiger charge is -2.51. The SMILES string of the molecule is CC[C@H]1OC(=O)[C@H](C)C(C2C[C@@](C)(OC)[C@@H](O)[C@H](C)O2)[C@H](C)[C@@H](O[C@H]2C[C@@H](N(C)CCC3=CN([C@H](CF)[C@H](OC)c4ccc(S(=O)CF)cc4)NN3)C[C@@H](C)O2)[C@](C)(O)C[C@@H](C)CN(C)[C@H](C)C(O)[C@]1(C)O. The second-order valence-corrected chi connectivity index (χ2v) is 23.5. The van der Waals surface area contributed by atoms with Crippen LogP contribution in [-0.4, -0.2) is 183 Å². The summed E-state index contributed by atoms with van der Waals surface area (Å²) in [7, 11) is 5.17. The fourth-order valence-corrected chi connectivity index (χ4v) is 12.6. The molecule has 72 heavy (non-hydrogen) atoms. The maximum absolute atomic E-state index is 14.8. The van der Waals surface area contributed by atoms with Crippen LogP contribution in [0.15, 0.2) is 41.1 Å². The minimum absolute atomic E-state index is 0.00568. The lowest BCUT2D eigenvalue weighted by molar-refractivity contribution is -0.275. The highest BCUT2D eigenvalue weighted by Crippen LogP contribution is 2.45. The van der Waals surface area contributed by atoms with Gasteiger partial charge in [0, 0.05) is 81.4 Å². The van der Waals surface area contributed by atoms with E-state index in [0.717, 1.165) is 5.70 Å². The number of nitrogens with zero attached hydrogens (tertiary/aromatic N) is 3. The van der Waals surface area contributed by atoms with E-state index in [1.54, 1.807) is 64.1 Å². The summed E-state index contributed by atoms with van der Waals surface area (Å²) < 4.78 is 78.0. The van der Waals surface area contributed by atoms with E-state index in [1.807, 2.05) is 59.8 Å². The number of hydrogen-bond acceptors (Lipinski definition) is 17. The number of rotatable bonds is 16. The van der Waals surface area contributed by atoms with Crippen LogP contribution in [0.2, 0.25) is 0 Å². The molecule has 17 nitrogen and oxygen atoms in total. The van der Waals surface area contributed by atoms with Crippen LogP contribution in [-0.2, 0) is 44.0 Å². The van der Waals surface area contributed by atoms with E-state index in [-0.39, 0.29) is 37.3 Å². The van der Waals surface area contributed by atoms with Crippen molar-refractivity contribution in [2.24, 2.45) is 23.7 Å². The highest BCUT2D eigenvalue weighted by molar-refractivity contribution is 7.84. The van der Waals surface area contributed by atoms with Crippen LogP contribution in [0.4, 0.5) is 8.78 Å². The normalized spacial score (nSPS) is 40.4. The number of cyclic esters (lactones) is 1. The van der Waals surface area contributed by atoms with E-state index in [9.17, 15) is 38.2 Å². The molecule has 0 amide bonds. The van der Waals surface area contributed by atoms with Gasteiger partial charge in [-0.05, 0) is 104 Å². The molecule has 0 saturated carbocycles. The number of carbonyl (C=O) groups is 1. The Morgan fingerprint density at radius 1 is 0.986 bits per heavy atom. The van der Waals surface area contributed by atoms with Crippen molar-refractivity contribution in [1.29, 1.82) is 0 Å². The van der Waals surface area contributed by atoms with Crippen LogP contribution >= 0.6 is 0 Å². The zero-order valence-corrected chi connectivity index (χ0v) is 46.1. The number of likely N-dealkylation sites (N-methyl/N-ethyl adjacent to an activating group) is 1. The van der Waals surface area contributed by atoms with Gasteiger partial charge in [0.2, 0.25) is 0 Å². The summed E-state index contributed by atoms with van der Waals surface area (Å²) in [6, 6.07) is 4.16. The third kappa shape index (κ3) is 13.9. The molecule has 3 saturated heterocycles. The molecule has 1 aromatic carbocycles. The molecule has 0 radical (unpaired) electrons. The number of ether oxygens (including phenoxy) is 6. The Morgan fingerprint density at radius 3 is 2.25 bits per heavy atom. The van der Waals surface area contributed by atoms with Crippen molar-refractivity contribution >= 4 is 16.8 Å². The number of alkyl halides is 2. The van der Waals surface area contributed by atoms with Crippen molar-refractivity contribution < 1.29 is 66.6 Å². The molecule has 20 atom stereocenters. The van der Waals surface area contributed by atoms with Crippen molar-refractivity contribution in [3.63, 3.8) is 0 Å². The Morgan fingerprint density at radius 2 is 1.65 bits per heavy atom. The molecule has 0 bridgehead atoms. The third-order valence-corrected chi connectivity index (χ3v) is 17.4. The highest BCUT2D eigenvalue weighted by atomic mass is 32.2. The van der Waals surface area contributed by atoms with E-state index in [1.165, 1.54) is 14.0 Å². The molecule has 0 aliphatic carbocycles. The second kappa shape index (κ2) is 25.6. The van der Waals surface area contributed by atoms with Gasteiger partial charge in [-0.15, -0.1) is 5.53 Å². The number of halogens is 2. The molecule has 414 valence electrons. The van der Waals surface area contributed by atoms with Gasteiger partial charge in [-0.3, -0.25) is 14.0 Å². The standard InChI is InChI=1S/C52H89F2N5O12S/c1-15-42-52(10,64)46(60)34(6)58(12)27-30(2)24-50(8,63)48(32(4)44(33(5)49(62)70-42)41-25-51(9,67-14)47(61)35(7)69-41)71-43-23-38(22-31(3)68-43)57(11)21-20-37-28-59(56-55-37)40(26-53)45(66-13)36-16-18-39(19-17-36)72(65)29-54/h16-19,28,30-35,38,40-48,55-56,60-61,63-64H,15,20-27,29H2,1-14H3/t30-,31-,32+,33-,34-,35+,38+,40-,41?,42-,43+,44?,45-,46?,47+,48-,50-,51-,52-,72?/m1/s1. The predicted molar refractivity (Wildman–Crippen MR) is 269 cm³/mol. The average molecular weight is 1050 g/mol. The van der Waals surface area contributed by atoms with Gasteiger partial charge >= 0.3 is 5.97 Å². The molecular weight excluding hydrogens is 957 g/mol. The van der Waals surface area contributed by atoms with Gasteiger partial charge in [0.15, 0.2) is 12.3 Å². The van der Waals surface area contributed by atoms with E-state index in [0.29, 0.717) is 42.8 Å². The third-order valence-electron chi connectivity index (χ3n) is 16.4. The second-order valence-electron chi connectivity index (χ2n) is 22.1. The molecular formula is C52H89F2N5O12S. The number of aliphatic hydroxyl groups excluding tert-OH is 2. The molecule has 4 unspecified atom stereocenters. The number of carbonyl (C=O) groups excluding carboxylic acids is 1. The summed E-state index contributed by atoms with van der Waals surface area (Å²) in [4.78, 5) is 19.2. The van der Waals surface area contributed by atoms with Gasteiger partial charge in [-0.1, -0.05) is 39.8 Å². The van der Waals surface area contributed by atoms with Gasteiger partial charge in [-0.25, -0.2) is 8.78 Å². The Hall–Kier alpha value is -2.44. The number of hydrazine groups is 2. The number of hydrogen-bond donors (Lipinski definition) is 6. The average Bonchev–Trinajstić information content (AvgIpc) is 3.81. The van der Waals surface area contributed by atoms with Gasteiger partial charge in [0.1, 0.15) is 42.7 Å². The molecule has 20 heteroatoms. The van der Waals surface area contributed by atoms with E-state index in [2.05, 4.69) is 15.9 Å². The first kappa shape index (κ1) is 60.4. The Labute approximate surface area is 430 Å². The highest BCUT2D eigenvalue weighted by Gasteiger charge is 2.54. The van der Waals surface area contributed by atoms with Crippen molar-refractivity contribution in [3.8, 4) is 0 Å².